The minimum Gasteiger partial charge on any atom is -0.388 e. The number of hydrogen-bond acceptors (Lipinski definition) is 2. The highest BCUT2D eigenvalue weighted by Gasteiger charge is 2.09. The molecule has 0 heterocycles. The van der Waals surface area contributed by atoms with Gasteiger partial charge < -0.3 is 9.84 Å². The second-order valence-electron chi connectivity index (χ2n) is 5.11. The van der Waals surface area contributed by atoms with Crippen LogP contribution in [0.15, 0.2) is 18.2 Å². The molecule has 0 aliphatic carbocycles. The van der Waals surface area contributed by atoms with Gasteiger partial charge in [-0.3, -0.25) is 0 Å². The molecule has 18 heavy (non-hydrogen) atoms. The molecule has 102 valence electrons. The van der Waals surface area contributed by atoms with Gasteiger partial charge in [0.15, 0.2) is 0 Å². The third-order valence-electron chi connectivity index (χ3n) is 2.94. The lowest BCUT2D eigenvalue weighted by Crippen LogP contribution is -2.06. The van der Waals surface area contributed by atoms with Gasteiger partial charge in [-0.25, -0.2) is 4.39 Å². The molecule has 0 saturated heterocycles. The quantitative estimate of drug-likeness (QED) is 0.753. The average Bonchev–Trinajstić information content (AvgIpc) is 2.31. The number of ether oxygens (including phenoxy) is 1. The van der Waals surface area contributed by atoms with Crippen LogP contribution in [-0.2, 0) is 4.74 Å². The van der Waals surface area contributed by atoms with Crippen molar-refractivity contribution >= 4 is 0 Å². The molecule has 1 aromatic carbocycles. The van der Waals surface area contributed by atoms with Gasteiger partial charge in [-0.15, -0.1) is 0 Å². The Morgan fingerprint density at radius 3 is 2.50 bits per heavy atom. The van der Waals surface area contributed by atoms with Gasteiger partial charge in [-0.2, -0.15) is 0 Å². The Morgan fingerprint density at radius 2 is 1.89 bits per heavy atom. The maximum Gasteiger partial charge on any atom is 0.126 e. The Balaban J connectivity index is 2.31. The third kappa shape index (κ3) is 5.15. The molecule has 2 nitrogen and oxygen atoms in total. The molecule has 0 saturated carbocycles. The SMILES string of the molecule is Cc1cc(C(O)CCOCCC(C)C)ccc1F. The first kappa shape index (κ1) is 15.1. The smallest absolute Gasteiger partial charge is 0.126 e. The molecular weight excluding hydrogens is 231 g/mol. The molecule has 1 N–H and O–H groups in total. The third-order valence-corrected chi connectivity index (χ3v) is 2.94. The summed E-state index contributed by atoms with van der Waals surface area (Å²) in [6.45, 7) is 7.26. The van der Waals surface area contributed by atoms with Crippen molar-refractivity contribution in [1.29, 1.82) is 0 Å². The molecule has 0 bridgehead atoms. The Hall–Kier alpha value is -0.930. The van der Waals surface area contributed by atoms with Gasteiger partial charge in [-0.05, 0) is 36.5 Å². The van der Waals surface area contributed by atoms with Crippen LogP contribution in [0.1, 0.15) is 43.9 Å². The molecule has 1 unspecified atom stereocenters. The maximum atomic E-state index is 13.1. The molecule has 0 aromatic heterocycles. The van der Waals surface area contributed by atoms with Crippen LogP contribution < -0.4 is 0 Å². The highest BCUT2D eigenvalue weighted by molar-refractivity contribution is 5.25. The normalized spacial score (nSPS) is 13.0. The van der Waals surface area contributed by atoms with Crippen LogP contribution in [-0.4, -0.2) is 18.3 Å². The summed E-state index contributed by atoms with van der Waals surface area (Å²) in [4.78, 5) is 0. The number of benzene rings is 1. The molecule has 1 rings (SSSR count). The van der Waals surface area contributed by atoms with Crippen LogP contribution in [0.5, 0.6) is 0 Å². The largest absolute Gasteiger partial charge is 0.388 e. The van der Waals surface area contributed by atoms with Crippen molar-refractivity contribution in [2.75, 3.05) is 13.2 Å². The summed E-state index contributed by atoms with van der Waals surface area (Å²) < 4.78 is 18.5. The zero-order chi connectivity index (χ0) is 13.5. The van der Waals surface area contributed by atoms with Gasteiger partial charge in [0, 0.05) is 19.6 Å². The highest BCUT2D eigenvalue weighted by atomic mass is 19.1. The van der Waals surface area contributed by atoms with Crippen molar-refractivity contribution in [3.63, 3.8) is 0 Å². The van der Waals surface area contributed by atoms with Crippen LogP contribution in [0.4, 0.5) is 4.39 Å². The molecular formula is C15H23FO2. The van der Waals surface area contributed by atoms with E-state index in [1.54, 1.807) is 19.1 Å². The zero-order valence-electron chi connectivity index (χ0n) is 11.4. The molecule has 1 atom stereocenters. The van der Waals surface area contributed by atoms with Crippen LogP contribution in [0, 0.1) is 18.7 Å². The predicted molar refractivity (Wildman–Crippen MR) is 71.0 cm³/mol. The number of rotatable bonds is 7. The van der Waals surface area contributed by atoms with Crippen LogP contribution in [0.3, 0.4) is 0 Å². The fourth-order valence-electron chi connectivity index (χ4n) is 1.66. The van der Waals surface area contributed by atoms with Gasteiger partial charge in [0.25, 0.3) is 0 Å². The maximum absolute atomic E-state index is 13.1. The first-order valence-corrected chi connectivity index (χ1v) is 6.52. The fourth-order valence-corrected chi connectivity index (χ4v) is 1.66. The topological polar surface area (TPSA) is 29.5 Å². The van der Waals surface area contributed by atoms with Gasteiger partial charge in [-0.1, -0.05) is 26.0 Å². The predicted octanol–water partition coefficient (Wildman–Crippen LogP) is 3.62. The second kappa shape index (κ2) is 7.49. The van der Waals surface area contributed by atoms with Crippen molar-refractivity contribution in [2.45, 2.75) is 39.7 Å². The van der Waals surface area contributed by atoms with Crippen LogP contribution in [0.2, 0.25) is 0 Å². The van der Waals surface area contributed by atoms with E-state index in [2.05, 4.69) is 13.8 Å². The van der Waals surface area contributed by atoms with Crippen LogP contribution >= 0.6 is 0 Å². The van der Waals surface area contributed by atoms with E-state index >= 15 is 0 Å². The highest BCUT2D eigenvalue weighted by Crippen LogP contribution is 2.19. The lowest BCUT2D eigenvalue weighted by Gasteiger charge is -2.12. The first-order valence-electron chi connectivity index (χ1n) is 6.52. The number of halogens is 1. The summed E-state index contributed by atoms with van der Waals surface area (Å²) in [5.41, 5.74) is 1.31. The van der Waals surface area contributed by atoms with E-state index in [0.29, 0.717) is 24.5 Å². The van der Waals surface area contributed by atoms with Gasteiger partial charge in [0.05, 0.1) is 6.10 Å². The van der Waals surface area contributed by atoms with Crippen molar-refractivity contribution < 1.29 is 14.2 Å². The summed E-state index contributed by atoms with van der Waals surface area (Å²) in [6.07, 6.45) is 0.998. The average molecular weight is 254 g/mol. The number of aliphatic hydroxyl groups is 1. The summed E-state index contributed by atoms with van der Waals surface area (Å²) in [5.74, 6) is 0.397. The summed E-state index contributed by atoms with van der Waals surface area (Å²) >= 11 is 0. The van der Waals surface area contributed by atoms with E-state index in [-0.39, 0.29) is 5.82 Å². The molecule has 0 spiro atoms. The van der Waals surface area contributed by atoms with E-state index in [9.17, 15) is 9.50 Å². The van der Waals surface area contributed by atoms with Crippen molar-refractivity contribution in [3.8, 4) is 0 Å². The summed E-state index contributed by atoms with van der Waals surface area (Å²) in [7, 11) is 0. The van der Waals surface area contributed by atoms with Gasteiger partial charge in [0.2, 0.25) is 0 Å². The number of aliphatic hydroxyl groups excluding tert-OH is 1. The number of hydrogen-bond donors (Lipinski definition) is 1. The molecule has 3 heteroatoms. The molecule has 0 aliphatic heterocycles. The Bertz CT molecular complexity index is 364. The standard InChI is InChI=1S/C15H23FO2/c1-11(2)6-8-18-9-7-15(17)13-4-5-14(16)12(3)10-13/h4-5,10-11,15,17H,6-9H2,1-3H3. The van der Waals surface area contributed by atoms with E-state index in [4.69, 9.17) is 4.74 Å². The van der Waals surface area contributed by atoms with Gasteiger partial charge in [0.1, 0.15) is 5.82 Å². The van der Waals surface area contributed by atoms with E-state index < -0.39 is 6.10 Å². The lowest BCUT2D eigenvalue weighted by molar-refractivity contribution is 0.0766. The first-order chi connectivity index (χ1) is 8.50. The minimum absolute atomic E-state index is 0.237. The van der Waals surface area contributed by atoms with Crippen molar-refractivity contribution in [1.82, 2.24) is 0 Å². The van der Waals surface area contributed by atoms with Crippen LogP contribution in [0.25, 0.3) is 0 Å². The summed E-state index contributed by atoms with van der Waals surface area (Å²) in [6, 6.07) is 4.71. The molecule has 0 aliphatic rings. The Labute approximate surface area is 109 Å². The Morgan fingerprint density at radius 1 is 1.22 bits per heavy atom. The van der Waals surface area contributed by atoms with E-state index in [1.807, 2.05) is 0 Å². The van der Waals surface area contributed by atoms with E-state index in [1.165, 1.54) is 6.07 Å². The molecule has 1 aromatic rings. The van der Waals surface area contributed by atoms with Crippen molar-refractivity contribution in [2.24, 2.45) is 5.92 Å². The van der Waals surface area contributed by atoms with E-state index in [0.717, 1.165) is 18.6 Å². The number of aryl methyl sites for hydroxylation is 1. The van der Waals surface area contributed by atoms with Crippen molar-refractivity contribution in [3.05, 3.63) is 35.1 Å². The summed E-state index contributed by atoms with van der Waals surface area (Å²) in [5, 5.41) is 9.94. The minimum atomic E-state index is -0.580. The van der Waals surface area contributed by atoms with Gasteiger partial charge >= 0.3 is 0 Å². The Kier molecular flexibility index (Phi) is 6.30. The second-order valence-corrected chi connectivity index (χ2v) is 5.11. The lowest BCUT2D eigenvalue weighted by atomic mass is 10.0. The fraction of sp³-hybridized carbons (Fsp3) is 0.600. The molecule has 0 amide bonds. The molecule has 0 radical (unpaired) electrons. The zero-order valence-corrected chi connectivity index (χ0v) is 11.4. The monoisotopic (exact) mass is 254 g/mol. The molecule has 0 fully saturated rings.